The normalized spacial score (nSPS) is 19.8. The lowest BCUT2D eigenvalue weighted by atomic mass is 9.92. The largest absolute Gasteiger partial charge is 0.381 e. The fourth-order valence-electron chi connectivity index (χ4n) is 5.67. The van der Waals surface area contributed by atoms with E-state index in [2.05, 4.69) is 21.2 Å². The van der Waals surface area contributed by atoms with Gasteiger partial charge in [-0.2, -0.15) is 0 Å². The number of nitrogens with zero attached hydrogens (tertiary/aromatic N) is 3. The van der Waals surface area contributed by atoms with E-state index in [9.17, 15) is 14.4 Å². The van der Waals surface area contributed by atoms with Gasteiger partial charge in [-0.25, -0.2) is 4.79 Å². The third kappa shape index (κ3) is 5.58. The van der Waals surface area contributed by atoms with E-state index in [1.807, 2.05) is 37.3 Å². The molecule has 2 aliphatic rings. The molecule has 1 N–H and O–H groups in total. The van der Waals surface area contributed by atoms with Gasteiger partial charge < -0.3 is 15.0 Å². The number of ether oxygens (including phenoxy) is 1. The standard InChI is InChI=1S/C29H32BrClN4O4/c1-18(19-6-4-3-5-7-19)32-27(36)26-25-17-33(28(37)20-8-13-23(30)24(31)16-20)14-15-34(25)29(38)35(26)21-9-11-22(39-2)12-10-21/h3-8,13,16,18,21-22H,9-12,14-15,17H2,1-2H3,(H,32,36). The molecule has 0 saturated heterocycles. The highest BCUT2D eigenvalue weighted by atomic mass is 79.9. The molecule has 2 aromatic carbocycles. The molecule has 1 saturated carbocycles. The molecule has 0 spiro atoms. The monoisotopic (exact) mass is 614 g/mol. The molecule has 2 heterocycles. The molecule has 8 nitrogen and oxygen atoms in total. The second-order valence-corrected chi connectivity index (χ2v) is 11.5. The van der Waals surface area contributed by atoms with Crippen LogP contribution in [0.4, 0.5) is 0 Å². The second kappa shape index (κ2) is 11.7. The number of rotatable bonds is 6. The Bertz CT molecular complexity index is 1430. The summed E-state index contributed by atoms with van der Waals surface area (Å²) in [6, 6.07) is 14.4. The van der Waals surface area contributed by atoms with Crippen molar-refractivity contribution in [1.82, 2.24) is 19.4 Å². The lowest BCUT2D eigenvalue weighted by molar-refractivity contribution is 0.0573. The number of benzene rings is 2. The Morgan fingerprint density at radius 3 is 2.46 bits per heavy atom. The molecule has 1 aliphatic carbocycles. The minimum absolute atomic E-state index is 0.107. The molecule has 2 amide bonds. The van der Waals surface area contributed by atoms with Crippen LogP contribution >= 0.6 is 27.5 Å². The number of hydrogen-bond donors (Lipinski definition) is 1. The van der Waals surface area contributed by atoms with Crippen LogP contribution in [-0.2, 0) is 17.8 Å². The van der Waals surface area contributed by atoms with E-state index in [4.69, 9.17) is 16.3 Å². The van der Waals surface area contributed by atoms with Crippen LogP contribution in [0.1, 0.15) is 76.8 Å². The highest BCUT2D eigenvalue weighted by Gasteiger charge is 2.35. The molecule has 5 rings (SSSR count). The van der Waals surface area contributed by atoms with Crippen LogP contribution in [-0.4, -0.2) is 45.6 Å². The zero-order chi connectivity index (χ0) is 27.7. The Labute approximate surface area is 241 Å². The third-order valence-corrected chi connectivity index (χ3v) is 9.10. The first kappa shape index (κ1) is 27.7. The van der Waals surface area contributed by atoms with Crippen LogP contribution in [0, 0.1) is 0 Å². The molecule has 39 heavy (non-hydrogen) atoms. The van der Waals surface area contributed by atoms with Crippen LogP contribution < -0.4 is 11.0 Å². The minimum atomic E-state index is -0.313. The van der Waals surface area contributed by atoms with Crippen LogP contribution in [0.25, 0.3) is 0 Å². The first-order valence-corrected chi connectivity index (χ1v) is 14.4. The van der Waals surface area contributed by atoms with E-state index in [0.29, 0.717) is 39.5 Å². The molecule has 3 aromatic rings. The van der Waals surface area contributed by atoms with Gasteiger partial charge in [0, 0.05) is 36.3 Å². The summed E-state index contributed by atoms with van der Waals surface area (Å²) in [5.41, 5.74) is 2.14. The Balaban J connectivity index is 1.50. The van der Waals surface area contributed by atoms with Gasteiger partial charge in [0.05, 0.1) is 29.4 Å². The van der Waals surface area contributed by atoms with E-state index in [-0.39, 0.29) is 42.2 Å². The van der Waals surface area contributed by atoms with Crippen molar-refractivity contribution in [3.63, 3.8) is 0 Å². The molecule has 1 unspecified atom stereocenters. The number of carbonyl (C=O) groups excluding carboxylic acids is 2. The number of fused-ring (bicyclic) bond motifs is 1. The predicted molar refractivity (Wildman–Crippen MR) is 153 cm³/mol. The smallest absolute Gasteiger partial charge is 0.329 e. The zero-order valence-corrected chi connectivity index (χ0v) is 24.4. The van der Waals surface area contributed by atoms with Gasteiger partial charge in [0.2, 0.25) is 0 Å². The topological polar surface area (TPSA) is 85.6 Å². The first-order valence-electron chi connectivity index (χ1n) is 13.2. The molecule has 0 bridgehead atoms. The Hall–Kier alpha value is -2.88. The van der Waals surface area contributed by atoms with E-state index < -0.39 is 0 Å². The number of hydrogen-bond acceptors (Lipinski definition) is 4. The molecule has 1 aromatic heterocycles. The van der Waals surface area contributed by atoms with Crippen LogP contribution in [0.3, 0.4) is 0 Å². The second-order valence-electron chi connectivity index (χ2n) is 10.2. The Kier molecular flexibility index (Phi) is 8.30. The Morgan fingerprint density at radius 2 is 1.79 bits per heavy atom. The van der Waals surface area contributed by atoms with E-state index >= 15 is 0 Å². The van der Waals surface area contributed by atoms with Gasteiger partial charge in [0.1, 0.15) is 5.69 Å². The fourth-order valence-corrected chi connectivity index (χ4v) is 6.10. The maximum absolute atomic E-state index is 13.9. The SMILES string of the molecule is COC1CCC(n2c(C(=O)NC(C)c3ccccc3)c3n(c2=O)CCN(C(=O)c2ccc(Br)c(Cl)c2)C3)CC1. The van der Waals surface area contributed by atoms with Crippen molar-refractivity contribution >= 4 is 39.3 Å². The van der Waals surface area contributed by atoms with Crippen molar-refractivity contribution in [2.24, 2.45) is 0 Å². The summed E-state index contributed by atoms with van der Waals surface area (Å²) in [7, 11) is 1.71. The summed E-state index contributed by atoms with van der Waals surface area (Å²) >= 11 is 9.61. The summed E-state index contributed by atoms with van der Waals surface area (Å²) in [5.74, 6) is -0.507. The van der Waals surface area contributed by atoms with Crippen molar-refractivity contribution in [2.45, 2.75) is 63.9 Å². The highest BCUT2D eigenvalue weighted by Crippen LogP contribution is 2.32. The molecular weight excluding hydrogens is 584 g/mol. The first-order chi connectivity index (χ1) is 18.8. The van der Waals surface area contributed by atoms with Crippen LogP contribution in [0.5, 0.6) is 0 Å². The van der Waals surface area contributed by atoms with Gasteiger partial charge >= 0.3 is 5.69 Å². The minimum Gasteiger partial charge on any atom is -0.381 e. The summed E-state index contributed by atoms with van der Waals surface area (Å²) in [5, 5.41) is 3.55. The van der Waals surface area contributed by atoms with Crippen LogP contribution in [0.2, 0.25) is 5.02 Å². The number of carbonyl (C=O) groups is 2. The molecule has 1 atom stereocenters. The van der Waals surface area contributed by atoms with E-state index in [1.54, 1.807) is 39.3 Å². The number of amides is 2. The summed E-state index contributed by atoms with van der Waals surface area (Å²) in [6.45, 7) is 2.76. The van der Waals surface area contributed by atoms with Gasteiger partial charge in [-0.3, -0.25) is 18.7 Å². The average Bonchev–Trinajstić information content (AvgIpc) is 3.26. The van der Waals surface area contributed by atoms with Crippen LogP contribution in [0.15, 0.2) is 57.8 Å². The predicted octanol–water partition coefficient (Wildman–Crippen LogP) is 5.34. The van der Waals surface area contributed by atoms with Gasteiger partial charge in [0.15, 0.2) is 0 Å². The molecule has 1 aliphatic heterocycles. The molecular formula is C29H32BrClN4O4. The van der Waals surface area contributed by atoms with Gasteiger partial charge in [-0.15, -0.1) is 0 Å². The van der Waals surface area contributed by atoms with Gasteiger partial charge in [0.25, 0.3) is 11.8 Å². The quantitative estimate of drug-likeness (QED) is 0.406. The maximum atomic E-state index is 13.9. The Morgan fingerprint density at radius 1 is 1.08 bits per heavy atom. The lowest BCUT2D eigenvalue weighted by Crippen LogP contribution is -2.41. The van der Waals surface area contributed by atoms with Crippen molar-refractivity contribution in [1.29, 1.82) is 0 Å². The summed E-state index contributed by atoms with van der Waals surface area (Å²) < 4.78 is 9.59. The number of imidazole rings is 1. The average molecular weight is 616 g/mol. The highest BCUT2D eigenvalue weighted by molar-refractivity contribution is 9.10. The van der Waals surface area contributed by atoms with Crippen molar-refractivity contribution < 1.29 is 14.3 Å². The number of nitrogens with one attached hydrogen (secondary N) is 1. The lowest BCUT2D eigenvalue weighted by Gasteiger charge is -2.30. The number of aromatic nitrogens is 2. The van der Waals surface area contributed by atoms with Crippen molar-refractivity contribution in [3.8, 4) is 0 Å². The van der Waals surface area contributed by atoms with Gasteiger partial charge in [-0.1, -0.05) is 41.9 Å². The molecule has 10 heteroatoms. The summed E-state index contributed by atoms with van der Waals surface area (Å²) in [4.78, 5) is 42.8. The fraction of sp³-hybridized carbons (Fsp3) is 0.414. The van der Waals surface area contributed by atoms with E-state index in [0.717, 1.165) is 31.2 Å². The number of methoxy groups -OCH3 is 1. The summed E-state index contributed by atoms with van der Waals surface area (Å²) in [6.07, 6.45) is 3.30. The zero-order valence-electron chi connectivity index (χ0n) is 22.0. The molecule has 0 radical (unpaired) electrons. The molecule has 1 fully saturated rings. The number of halogens is 2. The third-order valence-electron chi connectivity index (χ3n) is 7.87. The van der Waals surface area contributed by atoms with Crippen molar-refractivity contribution in [3.05, 3.63) is 91.0 Å². The van der Waals surface area contributed by atoms with Crippen molar-refractivity contribution in [2.75, 3.05) is 13.7 Å². The van der Waals surface area contributed by atoms with E-state index in [1.165, 1.54) is 0 Å². The van der Waals surface area contributed by atoms with Gasteiger partial charge in [-0.05, 0) is 72.3 Å². The maximum Gasteiger partial charge on any atom is 0.329 e. The molecule has 206 valence electrons.